The van der Waals surface area contributed by atoms with Gasteiger partial charge in [-0.3, -0.25) is 9.62 Å². The van der Waals surface area contributed by atoms with Crippen molar-refractivity contribution in [2.75, 3.05) is 49.1 Å². The Kier molecular flexibility index (Phi) is 8.19. The molecule has 13 heteroatoms. The number of rotatable bonds is 9. The van der Waals surface area contributed by atoms with Gasteiger partial charge in [-0.25, -0.2) is 27.2 Å². The first kappa shape index (κ1) is 26.0. The topological polar surface area (TPSA) is 120 Å². The van der Waals surface area contributed by atoms with Gasteiger partial charge in [0.15, 0.2) is 5.82 Å². The number of nitrogens with two attached hydrogens (primary N) is 1. The second-order valence-electron chi connectivity index (χ2n) is 8.01. The highest BCUT2D eigenvalue weighted by Gasteiger charge is 2.17. The van der Waals surface area contributed by atoms with Crippen molar-refractivity contribution in [2.24, 2.45) is 0 Å². The number of sulfonamides is 1. The van der Waals surface area contributed by atoms with E-state index in [1.807, 2.05) is 4.90 Å². The van der Waals surface area contributed by atoms with E-state index in [9.17, 15) is 17.2 Å². The minimum Gasteiger partial charge on any atom is -0.470 e. The van der Waals surface area contributed by atoms with Gasteiger partial charge in [-0.05, 0) is 24.3 Å². The number of nitrogen functional groups attached to an aromatic ring is 1. The van der Waals surface area contributed by atoms with Crippen LogP contribution in [-0.2, 0) is 21.4 Å². The number of hydrogen-bond donors (Lipinski definition) is 2. The first-order valence-corrected chi connectivity index (χ1v) is 13.0. The van der Waals surface area contributed by atoms with Gasteiger partial charge in [0.2, 0.25) is 10.0 Å². The Bertz CT molecular complexity index is 1320. The van der Waals surface area contributed by atoms with Crippen LogP contribution in [0, 0.1) is 11.6 Å². The molecule has 2 aromatic carbocycles. The predicted octanol–water partition coefficient (Wildman–Crippen LogP) is 3.31. The second-order valence-corrected chi connectivity index (χ2v) is 10.2. The molecule has 192 valence electrons. The van der Waals surface area contributed by atoms with E-state index in [0.29, 0.717) is 49.8 Å². The molecule has 0 amide bonds. The largest absolute Gasteiger partial charge is 0.470 e. The average molecular weight is 540 g/mol. The van der Waals surface area contributed by atoms with Crippen LogP contribution < -0.4 is 15.2 Å². The number of morpholine rings is 1. The molecule has 0 bridgehead atoms. The molecule has 1 aliphatic heterocycles. The average Bonchev–Trinajstić information content (AvgIpc) is 2.87. The lowest BCUT2D eigenvalue weighted by Gasteiger charge is -2.26. The van der Waals surface area contributed by atoms with E-state index < -0.39 is 28.3 Å². The quantitative estimate of drug-likeness (QED) is 0.397. The summed E-state index contributed by atoms with van der Waals surface area (Å²) in [5.41, 5.74) is 7.05. The van der Waals surface area contributed by atoms with E-state index in [0.717, 1.165) is 12.1 Å². The van der Waals surface area contributed by atoms with Crippen molar-refractivity contribution in [3.8, 4) is 17.1 Å². The normalized spacial score (nSPS) is 14.5. The molecule has 2 heterocycles. The van der Waals surface area contributed by atoms with Crippen LogP contribution in [0.4, 0.5) is 20.3 Å². The second kappa shape index (κ2) is 11.3. The maximum atomic E-state index is 14.0. The summed E-state index contributed by atoms with van der Waals surface area (Å²) in [7, 11) is -3.53. The number of anilines is 2. The molecule has 1 saturated heterocycles. The number of nitrogens with zero attached hydrogens (tertiary/aromatic N) is 3. The van der Waals surface area contributed by atoms with Crippen molar-refractivity contribution >= 4 is 33.1 Å². The third-order valence-electron chi connectivity index (χ3n) is 5.49. The minimum atomic E-state index is -3.53. The van der Waals surface area contributed by atoms with Crippen molar-refractivity contribution in [1.82, 2.24) is 14.9 Å². The summed E-state index contributed by atoms with van der Waals surface area (Å²) in [6.45, 7) is 2.64. The summed E-state index contributed by atoms with van der Waals surface area (Å²) in [6, 6.07) is 8.39. The van der Waals surface area contributed by atoms with Crippen LogP contribution in [0.3, 0.4) is 0 Å². The maximum Gasteiger partial charge on any atom is 0.258 e. The van der Waals surface area contributed by atoms with Gasteiger partial charge >= 0.3 is 0 Å². The van der Waals surface area contributed by atoms with Crippen LogP contribution >= 0.6 is 11.6 Å². The van der Waals surface area contributed by atoms with E-state index in [1.165, 1.54) is 6.20 Å². The summed E-state index contributed by atoms with van der Waals surface area (Å²) in [5.74, 6) is -1.67. The molecule has 9 nitrogen and oxygen atoms in total. The lowest BCUT2D eigenvalue weighted by atomic mass is 10.1. The molecule has 3 N–H and O–H groups in total. The minimum absolute atomic E-state index is 0.0329. The van der Waals surface area contributed by atoms with Crippen molar-refractivity contribution in [2.45, 2.75) is 6.61 Å². The van der Waals surface area contributed by atoms with Crippen LogP contribution in [-0.4, -0.2) is 61.9 Å². The summed E-state index contributed by atoms with van der Waals surface area (Å²) in [4.78, 5) is 10.4. The number of aromatic nitrogens is 2. The van der Waals surface area contributed by atoms with Crippen molar-refractivity contribution in [3.05, 3.63) is 64.8 Å². The molecule has 0 atom stereocenters. The van der Waals surface area contributed by atoms with E-state index in [-0.39, 0.29) is 28.0 Å². The fourth-order valence-electron chi connectivity index (χ4n) is 3.48. The molecule has 1 fully saturated rings. The van der Waals surface area contributed by atoms with E-state index in [4.69, 9.17) is 26.8 Å². The summed E-state index contributed by atoms with van der Waals surface area (Å²) < 4.78 is 65.9. The molecule has 36 heavy (non-hydrogen) atoms. The number of benzene rings is 2. The van der Waals surface area contributed by atoms with Gasteiger partial charge in [0, 0.05) is 36.4 Å². The Hall–Kier alpha value is -3.06. The number of nitrogens with one attached hydrogen (secondary N) is 1. The lowest BCUT2D eigenvalue weighted by Crippen LogP contribution is -2.39. The van der Waals surface area contributed by atoms with Crippen LogP contribution in [0.2, 0.25) is 5.02 Å². The van der Waals surface area contributed by atoms with Gasteiger partial charge in [-0.15, -0.1) is 0 Å². The summed E-state index contributed by atoms with van der Waals surface area (Å²) in [5, 5.41) is -0.388. The molecule has 3 aromatic rings. The number of halogens is 3. The van der Waals surface area contributed by atoms with Crippen LogP contribution in [0.25, 0.3) is 11.3 Å². The SMILES string of the molecule is Nc1ncc(-c2ccc(NS(=O)(=O)CCN3CCOCC3)cc2)nc1OCc1c(F)ccc(F)c1Cl. The fourth-order valence-corrected chi connectivity index (χ4v) is 4.79. The molecule has 0 aliphatic carbocycles. The molecule has 1 aromatic heterocycles. The first-order valence-electron chi connectivity index (χ1n) is 11.0. The highest BCUT2D eigenvalue weighted by molar-refractivity contribution is 7.92. The highest BCUT2D eigenvalue weighted by Crippen LogP contribution is 2.27. The van der Waals surface area contributed by atoms with Crippen LogP contribution in [0.5, 0.6) is 5.88 Å². The zero-order chi connectivity index (χ0) is 25.7. The van der Waals surface area contributed by atoms with Gasteiger partial charge in [0.1, 0.15) is 18.2 Å². The summed E-state index contributed by atoms with van der Waals surface area (Å²) >= 11 is 5.83. The van der Waals surface area contributed by atoms with Gasteiger partial charge < -0.3 is 15.2 Å². The molecule has 0 saturated carbocycles. The van der Waals surface area contributed by atoms with E-state index in [2.05, 4.69) is 14.7 Å². The molecule has 0 spiro atoms. The van der Waals surface area contributed by atoms with Crippen molar-refractivity contribution in [1.29, 1.82) is 0 Å². The Balaban J connectivity index is 1.41. The molecular weight excluding hydrogens is 516 g/mol. The molecule has 4 rings (SSSR count). The van der Waals surface area contributed by atoms with Gasteiger partial charge in [-0.1, -0.05) is 23.7 Å². The number of hydrogen-bond acceptors (Lipinski definition) is 8. The molecule has 0 radical (unpaired) electrons. The van der Waals surface area contributed by atoms with E-state index >= 15 is 0 Å². The third kappa shape index (κ3) is 6.58. The Morgan fingerprint density at radius 1 is 1.11 bits per heavy atom. The zero-order valence-corrected chi connectivity index (χ0v) is 20.7. The maximum absolute atomic E-state index is 14.0. The molecule has 0 unspecified atom stereocenters. The first-order chi connectivity index (χ1) is 17.2. The Labute approximate surface area is 212 Å². The Morgan fingerprint density at radius 3 is 2.53 bits per heavy atom. The molecule has 1 aliphatic rings. The van der Waals surface area contributed by atoms with Gasteiger partial charge in [-0.2, -0.15) is 0 Å². The lowest BCUT2D eigenvalue weighted by molar-refractivity contribution is 0.0408. The standard InChI is InChI=1S/C23H24ClF2N5O4S/c24-21-17(18(25)5-6-19(21)26)14-35-23-22(27)28-13-20(29-23)15-1-3-16(4-2-15)30-36(32,33)12-9-31-7-10-34-11-8-31/h1-6,13,30H,7-12,14H2,(H2,27,28). The van der Waals surface area contributed by atoms with Gasteiger partial charge in [0.25, 0.3) is 5.88 Å². The van der Waals surface area contributed by atoms with E-state index in [1.54, 1.807) is 24.3 Å². The van der Waals surface area contributed by atoms with Crippen molar-refractivity contribution < 1.29 is 26.7 Å². The third-order valence-corrected chi connectivity index (χ3v) is 7.17. The Morgan fingerprint density at radius 2 is 1.81 bits per heavy atom. The van der Waals surface area contributed by atoms with Crippen LogP contribution in [0.1, 0.15) is 5.56 Å². The van der Waals surface area contributed by atoms with Crippen LogP contribution in [0.15, 0.2) is 42.6 Å². The smallest absolute Gasteiger partial charge is 0.258 e. The predicted molar refractivity (Wildman–Crippen MR) is 132 cm³/mol. The highest BCUT2D eigenvalue weighted by atomic mass is 35.5. The van der Waals surface area contributed by atoms with Crippen molar-refractivity contribution in [3.63, 3.8) is 0 Å². The zero-order valence-electron chi connectivity index (χ0n) is 19.1. The van der Waals surface area contributed by atoms with Gasteiger partial charge in [0.05, 0.1) is 35.9 Å². The fraction of sp³-hybridized carbons (Fsp3) is 0.304. The summed E-state index contributed by atoms with van der Waals surface area (Å²) in [6.07, 6.45) is 1.42. The number of ether oxygens (including phenoxy) is 2. The monoisotopic (exact) mass is 539 g/mol. The molecular formula is C23H24ClF2N5O4S.